The maximum Gasteiger partial charge on any atom is 0.501 e. The summed E-state index contributed by atoms with van der Waals surface area (Å²) in [7, 11) is -5.20. The van der Waals surface area contributed by atoms with Crippen LogP contribution in [-0.2, 0) is 26.6 Å². The molecule has 0 aromatic carbocycles. The van der Waals surface area contributed by atoms with Crippen LogP contribution in [-0.4, -0.2) is 155 Å². The minimum Gasteiger partial charge on any atom is -0.374 e. The third kappa shape index (κ3) is 10.6. The second-order valence-electron chi connectivity index (χ2n) is 12.4. The molecule has 10 nitrogen and oxygen atoms in total. The Morgan fingerprint density at radius 3 is 1.12 bits per heavy atom. The van der Waals surface area contributed by atoms with E-state index in [2.05, 4.69) is 51.3 Å². The molecule has 248 valence electrons. The molecule has 0 aromatic heterocycles. The molecular weight excluding hydrogens is 569 g/mol. The van der Waals surface area contributed by atoms with Gasteiger partial charge in [-0.2, -0.15) is 0 Å². The highest BCUT2D eigenvalue weighted by atomic mass is 28.4. The van der Waals surface area contributed by atoms with Crippen molar-refractivity contribution < 1.29 is 35.5 Å². The zero-order valence-corrected chi connectivity index (χ0v) is 30.2. The molecule has 0 amide bonds. The van der Waals surface area contributed by atoms with Gasteiger partial charge >= 0.3 is 17.6 Å². The number of quaternary nitrogens is 2. The molecule has 42 heavy (non-hydrogen) atoms. The van der Waals surface area contributed by atoms with Crippen molar-refractivity contribution in [2.75, 3.05) is 118 Å². The first-order valence-corrected chi connectivity index (χ1v) is 21.2. The molecule has 0 radical (unpaired) electrons. The summed E-state index contributed by atoms with van der Waals surface area (Å²) in [5.41, 5.74) is 0. The van der Waals surface area contributed by atoms with E-state index < -0.39 is 17.6 Å². The number of nitrogens with zero attached hydrogens (tertiary/aromatic N) is 4. The number of fused-ring (bicyclic) bond motifs is 4. The maximum atomic E-state index is 6.19. The zero-order chi connectivity index (χ0) is 30.4. The Labute approximate surface area is 260 Å². The van der Waals surface area contributed by atoms with Gasteiger partial charge in [0.1, 0.15) is 13.3 Å². The van der Waals surface area contributed by atoms with Gasteiger partial charge in [-0.15, -0.1) is 0 Å². The Kier molecular flexibility index (Phi) is 15.9. The average molecular weight is 635 g/mol. The van der Waals surface area contributed by atoms with Crippen LogP contribution in [0.3, 0.4) is 0 Å². The van der Waals surface area contributed by atoms with Crippen LogP contribution in [0.2, 0.25) is 12.1 Å². The third-order valence-corrected chi connectivity index (χ3v) is 15.7. The fourth-order valence-electron chi connectivity index (χ4n) is 7.68. The highest BCUT2D eigenvalue weighted by molar-refractivity contribution is 6.61. The van der Waals surface area contributed by atoms with Crippen LogP contribution in [0.15, 0.2) is 0 Å². The van der Waals surface area contributed by atoms with Gasteiger partial charge in [0.25, 0.3) is 0 Å². The summed E-state index contributed by atoms with van der Waals surface area (Å²) in [4.78, 5) is 5.57. The van der Waals surface area contributed by atoms with Crippen molar-refractivity contribution in [1.82, 2.24) is 9.80 Å². The van der Waals surface area contributed by atoms with E-state index >= 15 is 0 Å². The minimum atomic E-state index is -2.60. The number of hydrogen-bond donors (Lipinski definition) is 0. The van der Waals surface area contributed by atoms with Gasteiger partial charge in [-0.05, 0) is 41.5 Å². The molecule has 4 bridgehead atoms. The summed E-state index contributed by atoms with van der Waals surface area (Å²) in [6.45, 7) is 30.9. The Hall–Kier alpha value is 0.0338. The SMILES string of the molecule is CCO[Si](CCC[N@@+]12CCCN(CC[N@+]3(CCC[Si](OCC)(OCC)OCC)CCCN(CC1)C3)C2)(OCC)OCC. The fourth-order valence-corrected chi connectivity index (χ4v) is 12.9. The third-order valence-electron chi connectivity index (χ3n) is 9.41. The van der Waals surface area contributed by atoms with Crippen molar-refractivity contribution in [2.24, 2.45) is 0 Å². The summed E-state index contributed by atoms with van der Waals surface area (Å²) >= 11 is 0. The predicted octanol–water partition coefficient (Wildman–Crippen LogP) is 3.84. The molecule has 3 fully saturated rings. The Morgan fingerprint density at radius 1 is 0.476 bits per heavy atom. The second kappa shape index (κ2) is 18.2. The molecule has 3 heterocycles. The molecule has 0 saturated carbocycles. The van der Waals surface area contributed by atoms with E-state index in [1.54, 1.807) is 0 Å². The molecule has 0 aromatic rings. The van der Waals surface area contributed by atoms with E-state index in [4.69, 9.17) is 26.6 Å². The van der Waals surface area contributed by atoms with Crippen molar-refractivity contribution in [3.63, 3.8) is 0 Å². The first-order valence-electron chi connectivity index (χ1n) is 17.3. The molecule has 3 aliphatic rings. The summed E-state index contributed by atoms with van der Waals surface area (Å²) in [5.74, 6) is 0. The summed E-state index contributed by atoms with van der Waals surface area (Å²) in [6, 6.07) is 1.84. The quantitative estimate of drug-likeness (QED) is 0.148. The number of hydrogen-bond acceptors (Lipinski definition) is 8. The average Bonchev–Trinajstić information content (AvgIpc) is 2.96. The highest BCUT2D eigenvalue weighted by Crippen LogP contribution is 2.27. The maximum absolute atomic E-state index is 6.19. The summed E-state index contributed by atoms with van der Waals surface area (Å²) < 4.78 is 39.5. The highest BCUT2D eigenvalue weighted by Gasteiger charge is 2.45. The first kappa shape index (κ1) is 36.5. The van der Waals surface area contributed by atoms with Crippen molar-refractivity contribution in [3.05, 3.63) is 0 Å². The van der Waals surface area contributed by atoms with Crippen LogP contribution in [0.4, 0.5) is 0 Å². The smallest absolute Gasteiger partial charge is 0.374 e. The fraction of sp³-hybridized carbons (Fsp3) is 1.00. The normalized spacial score (nSPS) is 29.0. The molecule has 4 atom stereocenters. The van der Waals surface area contributed by atoms with Gasteiger partial charge in [-0.3, -0.25) is 9.80 Å². The van der Waals surface area contributed by atoms with Crippen LogP contribution in [0.1, 0.15) is 67.2 Å². The van der Waals surface area contributed by atoms with Gasteiger partial charge < -0.3 is 35.5 Å². The van der Waals surface area contributed by atoms with Gasteiger partial charge in [0.2, 0.25) is 0 Å². The summed E-state index contributed by atoms with van der Waals surface area (Å²) in [6.07, 6.45) is 4.78. The Morgan fingerprint density at radius 2 is 0.810 bits per heavy atom. The van der Waals surface area contributed by atoms with Gasteiger partial charge in [0.15, 0.2) is 0 Å². The van der Waals surface area contributed by atoms with Crippen LogP contribution in [0.5, 0.6) is 0 Å². The Balaban J connectivity index is 1.65. The van der Waals surface area contributed by atoms with E-state index in [1.807, 2.05) is 0 Å². The first-order chi connectivity index (χ1) is 20.3. The standard InChI is InChI=1S/C30H66N4O6Si2/c1-7-35-41(36-8-2,37-9-3)27-15-23-33-21-13-17-31(29-33)20-26-34(22-14-18-32(30-34)19-25-33)24-16-28-42(38-10-4,39-11-5)40-12-6/h7-30H2,1-6H3/q+2/t33-,34+. The largest absolute Gasteiger partial charge is 0.501 e. The molecule has 0 aliphatic carbocycles. The van der Waals surface area contributed by atoms with Crippen molar-refractivity contribution in [1.29, 1.82) is 0 Å². The van der Waals surface area contributed by atoms with Gasteiger partial charge in [-0.1, -0.05) is 0 Å². The van der Waals surface area contributed by atoms with Crippen LogP contribution >= 0.6 is 0 Å². The monoisotopic (exact) mass is 634 g/mol. The second-order valence-corrected chi connectivity index (χ2v) is 17.9. The van der Waals surface area contributed by atoms with E-state index in [9.17, 15) is 0 Å². The summed E-state index contributed by atoms with van der Waals surface area (Å²) in [5, 5.41) is 0. The molecule has 3 aliphatic heterocycles. The van der Waals surface area contributed by atoms with E-state index in [0.717, 1.165) is 24.9 Å². The van der Waals surface area contributed by atoms with E-state index in [-0.39, 0.29) is 0 Å². The lowest BCUT2D eigenvalue weighted by Gasteiger charge is -2.52. The molecule has 3 saturated heterocycles. The topological polar surface area (TPSA) is 61.9 Å². The van der Waals surface area contributed by atoms with E-state index in [1.165, 1.54) is 101 Å². The molecule has 12 heteroatoms. The molecule has 0 N–H and O–H groups in total. The van der Waals surface area contributed by atoms with Crippen molar-refractivity contribution in [2.45, 2.75) is 79.3 Å². The van der Waals surface area contributed by atoms with Crippen LogP contribution < -0.4 is 0 Å². The van der Waals surface area contributed by atoms with Gasteiger partial charge in [-0.25, -0.2) is 0 Å². The van der Waals surface area contributed by atoms with Crippen molar-refractivity contribution in [3.8, 4) is 0 Å². The number of rotatable bonds is 20. The van der Waals surface area contributed by atoms with Gasteiger partial charge in [0, 0.05) is 90.5 Å². The molecule has 2 unspecified atom stereocenters. The molecule has 3 rings (SSSR count). The predicted molar refractivity (Wildman–Crippen MR) is 172 cm³/mol. The molecule has 0 spiro atoms. The molecular formula is C30H66N4O6Si2+2. The zero-order valence-electron chi connectivity index (χ0n) is 28.2. The van der Waals surface area contributed by atoms with Crippen molar-refractivity contribution >= 4 is 17.6 Å². The Bertz CT molecular complexity index is 665. The van der Waals surface area contributed by atoms with Crippen LogP contribution in [0, 0.1) is 0 Å². The van der Waals surface area contributed by atoms with Gasteiger partial charge in [0.05, 0.1) is 52.4 Å². The minimum absolute atomic E-state index is 0.654. The lowest BCUT2D eigenvalue weighted by atomic mass is 10.1. The lowest BCUT2D eigenvalue weighted by Crippen LogP contribution is -2.68. The lowest BCUT2D eigenvalue weighted by molar-refractivity contribution is -0.958. The van der Waals surface area contributed by atoms with Crippen LogP contribution in [0.25, 0.3) is 0 Å². The van der Waals surface area contributed by atoms with E-state index in [0.29, 0.717) is 39.6 Å².